The molecule has 0 atom stereocenters. The lowest BCUT2D eigenvalue weighted by atomic mass is 10.1. The first-order valence-corrected chi connectivity index (χ1v) is 8.29. The quantitative estimate of drug-likeness (QED) is 0.766. The average Bonchev–Trinajstić information content (AvgIpc) is 3.17. The molecule has 1 heterocycles. The number of nitrogens with zero attached hydrogens (tertiary/aromatic N) is 1. The van der Waals surface area contributed by atoms with Crippen molar-refractivity contribution in [2.24, 2.45) is 0 Å². The van der Waals surface area contributed by atoms with Crippen molar-refractivity contribution in [3.63, 3.8) is 0 Å². The molecule has 5 nitrogen and oxygen atoms in total. The SMILES string of the molecule is CNC(=O)c1ccc(CN(C)C(=O)c2occc2-c2ccccc2)cc1. The minimum absolute atomic E-state index is 0.135. The molecule has 1 N–H and O–H groups in total. The van der Waals surface area contributed by atoms with Gasteiger partial charge in [0.05, 0.1) is 6.26 Å². The van der Waals surface area contributed by atoms with E-state index >= 15 is 0 Å². The molecule has 0 aliphatic carbocycles. The van der Waals surface area contributed by atoms with Crippen LogP contribution in [0.25, 0.3) is 11.1 Å². The van der Waals surface area contributed by atoms with Crippen LogP contribution in [0.5, 0.6) is 0 Å². The van der Waals surface area contributed by atoms with Crippen molar-refractivity contribution in [3.8, 4) is 11.1 Å². The molecule has 3 aromatic rings. The Morgan fingerprint density at radius 1 is 1.00 bits per heavy atom. The molecule has 1 aromatic heterocycles. The van der Waals surface area contributed by atoms with Gasteiger partial charge in [0.15, 0.2) is 5.76 Å². The standard InChI is InChI=1S/C21H20N2O3/c1-22-20(24)17-10-8-15(9-11-17)14-23(2)21(25)19-18(12-13-26-19)16-6-4-3-5-7-16/h3-13H,14H2,1-2H3,(H,22,24). The highest BCUT2D eigenvalue weighted by Gasteiger charge is 2.20. The second kappa shape index (κ2) is 7.70. The third-order valence-corrected chi connectivity index (χ3v) is 4.15. The molecule has 0 saturated heterocycles. The maximum atomic E-state index is 12.8. The number of carbonyl (C=O) groups is 2. The number of rotatable bonds is 5. The first-order valence-electron chi connectivity index (χ1n) is 8.29. The van der Waals surface area contributed by atoms with Gasteiger partial charge in [-0.05, 0) is 29.3 Å². The molecule has 2 aromatic carbocycles. The maximum Gasteiger partial charge on any atom is 0.290 e. The van der Waals surface area contributed by atoms with Crippen LogP contribution in [0.15, 0.2) is 71.3 Å². The Bertz CT molecular complexity index is 899. The van der Waals surface area contributed by atoms with E-state index in [1.807, 2.05) is 42.5 Å². The molecule has 0 unspecified atom stereocenters. The number of nitrogens with one attached hydrogen (secondary N) is 1. The molecule has 0 fully saturated rings. The van der Waals surface area contributed by atoms with E-state index in [1.165, 1.54) is 6.26 Å². The van der Waals surface area contributed by atoms with Crippen molar-refractivity contribution in [2.75, 3.05) is 14.1 Å². The summed E-state index contributed by atoms with van der Waals surface area (Å²) in [5, 5.41) is 2.58. The van der Waals surface area contributed by atoms with Gasteiger partial charge in [-0.3, -0.25) is 9.59 Å². The van der Waals surface area contributed by atoms with Crippen molar-refractivity contribution in [2.45, 2.75) is 6.54 Å². The Morgan fingerprint density at radius 3 is 2.35 bits per heavy atom. The summed E-state index contributed by atoms with van der Waals surface area (Å²) >= 11 is 0. The van der Waals surface area contributed by atoms with Crippen molar-refractivity contribution >= 4 is 11.8 Å². The van der Waals surface area contributed by atoms with E-state index in [0.29, 0.717) is 17.9 Å². The van der Waals surface area contributed by atoms with Gasteiger partial charge < -0.3 is 14.6 Å². The predicted octanol–water partition coefficient (Wildman–Crippen LogP) is 3.58. The van der Waals surface area contributed by atoms with E-state index in [0.717, 1.165) is 16.7 Å². The number of carbonyl (C=O) groups excluding carboxylic acids is 2. The monoisotopic (exact) mass is 348 g/mol. The normalized spacial score (nSPS) is 10.4. The molecular weight excluding hydrogens is 328 g/mol. The van der Waals surface area contributed by atoms with Gasteiger partial charge in [-0.15, -0.1) is 0 Å². The maximum absolute atomic E-state index is 12.8. The van der Waals surface area contributed by atoms with Crippen molar-refractivity contribution in [1.29, 1.82) is 0 Å². The van der Waals surface area contributed by atoms with E-state index in [4.69, 9.17) is 4.42 Å². The van der Waals surface area contributed by atoms with Gasteiger partial charge in [-0.25, -0.2) is 0 Å². The lowest BCUT2D eigenvalue weighted by Crippen LogP contribution is -2.26. The summed E-state index contributed by atoms with van der Waals surface area (Å²) in [4.78, 5) is 26.0. The number of benzene rings is 2. The van der Waals surface area contributed by atoms with Gasteiger partial charge >= 0.3 is 0 Å². The zero-order valence-corrected chi connectivity index (χ0v) is 14.7. The Kier molecular flexibility index (Phi) is 5.17. The summed E-state index contributed by atoms with van der Waals surface area (Å²) < 4.78 is 5.46. The summed E-state index contributed by atoms with van der Waals surface area (Å²) in [6, 6.07) is 18.6. The van der Waals surface area contributed by atoms with Gasteiger partial charge in [-0.2, -0.15) is 0 Å². The molecule has 0 bridgehead atoms. The van der Waals surface area contributed by atoms with Crippen molar-refractivity contribution < 1.29 is 14.0 Å². The number of hydrogen-bond acceptors (Lipinski definition) is 3. The largest absolute Gasteiger partial charge is 0.459 e. The van der Waals surface area contributed by atoms with Gasteiger partial charge in [0, 0.05) is 31.8 Å². The molecule has 26 heavy (non-hydrogen) atoms. The summed E-state index contributed by atoms with van der Waals surface area (Å²) in [6.07, 6.45) is 1.53. The highest BCUT2D eigenvalue weighted by molar-refractivity contribution is 5.98. The Labute approximate surface area is 152 Å². The van der Waals surface area contributed by atoms with E-state index in [2.05, 4.69) is 5.32 Å². The third-order valence-electron chi connectivity index (χ3n) is 4.15. The Morgan fingerprint density at radius 2 is 1.69 bits per heavy atom. The molecule has 0 radical (unpaired) electrons. The van der Waals surface area contributed by atoms with Crippen molar-refractivity contribution in [1.82, 2.24) is 10.2 Å². The van der Waals surface area contributed by atoms with Crippen LogP contribution in [0.4, 0.5) is 0 Å². The van der Waals surface area contributed by atoms with E-state index in [1.54, 1.807) is 37.2 Å². The smallest absolute Gasteiger partial charge is 0.290 e. The molecule has 2 amide bonds. The van der Waals surface area contributed by atoms with Gasteiger partial charge in [-0.1, -0.05) is 42.5 Å². The van der Waals surface area contributed by atoms with Crippen LogP contribution < -0.4 is 5.32 Å². The summed E-state index contributed by atoms with van der Waals surface area (Å²) in [5.41, 5.74) is 3.23. The van der Waals surface area contributed by atoms with Gasteiger partial charge in [0.25, 0.3) is 11.8 Å². The summed E-state index contributed by atoms with van der Waals surface area (Å²) in [5.74, 6) is -0.00557. The fraction of sp³-hybridized carbons (Fsp3) is 0.143. The van der Waals surface area contributed by atoms with Crippen LogP contribution >= 0.6 is 0 Å². The molecule has 5 heteroatoms. The molecule has 3 rings (SSSR count). The van der Waals surface area contributed by atoms with Crippen LogP contribution in [0, 0.1) is 0 Å². The molecular formula is C21H20N2O3. The zero-order valence-electron chi connectivity index (χ0n) is 14.7. The predicted molar refractivity (Wildman–Crippen MR) is 99.8 cm³/mol. The van der Waals surface area contributed by atoms with Crippen LogP contribution in [0.2, 0.25) is 0 Å². The second-order valence-electron chi connectivity index (χ2n) is 5.97. The highest BCUT2D eigenvalue weighted by Crippen LogP contribution is 2.26. The van der Waals surface area contributed by atoms with E-state index in [-0.39, 0.29) is 11.8 Å². The van der Waals surface area contributed by atoms with Crippen LogP contribution in [-0.2, 0) is 6.54 Å². The fourth-order valence-electron chi connectivity index (χ4n) is 2.74. The summed E-state index contributed by atoms with van der Waals surface area (Å²) in [7, 11) is 3.32. The fourth-order valence-corrected chi connectivity index (χ4v) is 2.74. The topological polar surface area (TPSA) is 62.6 Å². The van der Waals surface area contributed by atoms with Crippen LogP contribution in [0.3, 0.4) is 0 Å². The van der Waals surface area contributed by atoms with Gasteiger partial charge in [0.2, 0.25) is 0 Å². The van der Waals surface area contributed by atoms with Gasteiger partial charge in [0.1, 0.15) is 0 Å². The first-order chi connectivity index (χ1) is 12.6. The van der Waals surface area contributed by atoms with E-state index in [9.17, 15) is 9.59 Å². The average molecular weight is 348 g/mol. The number of hydrogen-bond donors (Lipinski definition) is 1. The lowest BCUT2D eigenvalue weighted by molar-refractivity contribution is 0.0754. The third kappa shape index (κ3) is 3.67. The molecule has 0 spiro atoms. The molecule has 132 valence electrons. The lowest BCUT2D eigenvalue weighted by Gasteiger charge is -2.17. The van der Waals surface area contributed by atoms with Crippen LogP contribution in [-0.4, -0.2) is 30.8 Å². The van der Waals surface area contributed by atoms with Crippen molar-refractivity contribution in [3.05, 3.63) is 83.8 Å². The highest BCUT2D eigenvalue weighted by atomic mass is 16.3. The van der Waals surface area contributed by atoms with Crippen LogP contribution in [0.1, 0.15) is 26.5 Å². The Hall–Kier alpha value is -3.34. The molecule has 0 aliphatic heterocycles. The first kappa shape index (κ1) is 17.5. The number of amides is 2. The molecule has 0 aliphatic rings. The zero-order chi connectivity index (χ0) is 18.5. The number of furan rings is 1. The minimum Gasteiger partial charge on any atom is -0.459 e. The summed E-state index contributed by atoms with van der Waals surface area (Å²) in [6.45, 7) is 0.418. The van der Waals surface area contributed by atoms with E-state index < -0.39 is 0 Å². The minimum atomic E-state index is -0.191. The molecule has 0 saturated carbocycles. The second-order valence-corrected chi connectivity index (χ2v) is 5.97. The Balaban J connectivity index is 1.75.